The average Bonchev–Trinajstić information content (AvgIpc) is 3.22. The van der Waals surface area contributed by atoms with Crippen molar-refractivity contribution in [2.24, 2.45) is 0 Å². The van der Waals surface area contributed by atoms with Crippen molar-refractivity contribution < 1.29 is 9.53 Å². The topological polar surface area (TPSA) is 112 Å². The molecule has 36 heavy (non-hydrogen) atoms. The number of nitrogens with two attached hydrogens (primary N) is 1. The third-order valence-electron chi connectivity index (χ3n) is 6.41. The second-order valence-corrected chi connectivity index (χ2v) is 8.60. The Morgan fingerprint density at radius 1 is 1.14 bits per heavy atom. The lowest BCUT2D eigenvalue weighted by atomic mass is 10.1. The van der Waals surface area contributed by atoms with Crippen LogP contribution in [0.1, 0.15) is 18.9 Å². The minimum Gasteiger partial charge on any atom is -0.457 e. The maximum absolute atomic E-state index is 13.8. The molecule has 1 aliphatic rings. The molecule has 1 atom stereocenters. The number of ether oxygens (including phenoxy) is 1. The molecule has 184 valence electrons. The first-order valence-electron chi connectivity index (χ1n) is 11.7. The van der Waals surface area contributed by atoms with Crippen LogP contribution in [0.4, 0.5) is 5.82 Å². The minimum atomic E-state index is -0.265. The number of piperidine rings is 1. The predicted molar refractivity (Wildman–Crippen MR) is 137 cm³/mol. The molecule has 0 aliphatic carbocycles. The molecule has 2 N–H and O–H groups in total. The van der Waals surface area contributed by atoms with Gasteiger partial charge in [-0.1, -0.05) is 24.8 Å². The van der Waals surface area contributed by atoms with Crippen molar-refractivity contribution in [3.63, 3.8) is 0 Å². The summed E-state index contributed by atoms with van der Waals surface area (Å²) in [5.74, 6) is 1.38. The van der Waals surface area contributed by atoms with Crippen LogP contribution in [-0.4, -0.2) is 55.2 Å². The van der Waals surface area contributed by atoms with Gasteiger partial charge in [-0.15, -0.1) is 0 Å². The molecular weight excluding hydrogens is 458 g/mol. The van der Waals surface area contributed by atoms with Crippen LogP contribution in [0.15, 0.2) is 78.4 Å². The normalized spacial score (nSPS) is 16.1. The Bertz CT molecular complexity index is 1460. The van der Waals surface area contributed by atoms with Gasteiger partial charge in [0, 0.05) is 20.1 Å². The lowest BCUT2D eigenvalue weighted by Crippen LogP contribution is -2.49. The molecule has 0 bridgehead atoms. The molecule has 1 aliphatic heterocycles. The number of nitrogens with zero attached hydrogens (tertiary/aromatic N) is 6. The molecule has 10 nitrogen and oxygen atoms in total. The number of carbonyl (C=O) groups excluding carboxylic acids is 1. The Labute approximate surface area is 207 Å². The van der Waals surface area contributed by atoms with E-state index in [1.54, 1.807) is 35.9 Å². The number of nitrogen functional groups attached to an aromatic ring is 1. The Balaban J connectivity index is 1.53. The van der Waals surface area contributed by atoms with Gasteiger partial charge in [0.2, 0.25) is 0 Å². The van der Waals surface area contributed by atoms with E-state index in [2.05, 4.69) is 16.5 Å². The summed E-state index contributed by atoms with van der Waals surface area (Å²) in [6.45, 7) is 4.75. The quantitative estimate of drug-likeness (QED) is 0.418. The molecule has 3 heterocycles. The van der Waals surface area contributed by atoms with Crippen LogP contribution >= 0.6 is 0 Å². The number of hydrogen-bond acceptors (Lipinski definition) is 7. The maximum atomic E-state index is 13.8. The molecule has 4 aromatic rings. The van der Waals surface area contributed by atoms with E-state index in [1.165, 1.54) is 22.0 Å². The highest BCUT2D eigenvalue weighted by atomic mass is 16.5. The molecule has 5 rings (SSSR count). The summed E-state index contributed by atoms with van der Waals surface area (Å²) in [6, 6.07) is 16.5. The number of para-hydroxylation sites is 1. The number of likely N-dealkylation sites (N-methyl/N-ethyl adjacent to an activating group) is 1. The average molecular weight is 486 g/mol. The highest BCUT2D eigenvalue weighted by molar-refractivity contribution is 5.86. The summed E-state index contributed by atoms with van der Waals surface area (Å²) < 4.78 is 9.09. The van der Waals surface area contributed by atoms with Crippen LogP contribution in [0, 0.1) is 0 Å². The summed E-state index contributed by atoms with van der Waals surface area (Å²) in [5, 5.41) is 3.46. The zero-order valence-corrected chi connectivity index (χ0v) is 19.9. The van der Waals surface area contributed by atoms with E-state index >= 15 is 0 Å². The molecule has 1 fully saturated rings. The summed E-state index contributed by atoms with van der Waals surface area (Å²) in [4.78, 5) is 34.6. The van der Waals surface area contributed by atoms with Crippen LogP contribution in [-0.2, 0) is 4.79 Å². The van der Waals surface area contributed by atoms with E-state index in [0.717, 1.165) is 18.6 Å². The van der Waals surface area contributed by atoms with E-state index in [0.29, 0.717) is 35.7 Å². The Morgan fingerprint density at radius 3 is 2.58 bits per heavy atom. The Hall–Kier alpha value is -4.44. The number of aromatic nitrogens is 4. The number of benzene rings is 2. The van der Waals surface area contributed by atoms with Crippen molar-refractivity contribution in [3.8, 4) is 17.2 Å². The molecule has 2 aromatic carbocycles. The Morgan fingerprint density at radius 2 is 1.86 bits per heavy atom. The van der Waals surface area contributed by atoms with Gasteiger partial charge in [0.25, 0.3) is 5.91 Å². The van der Waals surface area contributed by atoms with Crippen molar-refractivity contribution >= 4 is 22.9 Å². The molecular formula is C26H27N7O3. The number of imidazole rings is 1. The zero-order chi connectivity index (χ0) is 25.2. The van der Waals surface area contributed by atoms with E-state index in [4.69, 9.17) is 10.5 Å². The first-order chi connectivity index (χ1) is 17.5. The molecule has 0 radical (unpaired) electrons. The first-order valence-corrected chi connectivity index (χ1v) is 11.7. The smallest absolute Gasteiger partial charge is 0.335 e. The number of hydrazine groups is 1. The van der Waals surface area contributed by atoms with Crippen LogP contribution in [0.3, 0.4) is 0 Å². The number of amides is 1. The largest absolute Gasteiger partial charge is 0.457 e. The molecule has 1 saturated heterocycles. The highest BCUT2D eigenvalue weighted by Gasteiger charge is 2.30. The molecule has 2 aromatic heterocycles. The van der Waals surface area contributed by atoms with Gasteiger partial charge in [-0.25, -0.2) is 19.8 Å². The van der Waals surface area contributed by atoms with Gasteiger partial charge in [-0.05, 0) is 55.3 Å². The number of rotatable bonds is 6. The third kappa shape index (κ3) is 4.22. The lowest BCUT2D eigenvalue weighted by molar-refractivity contribution is -0.142. The van der Waals surface area contributed by atoms with Gasteiger partial charge in [0.15, 0.2) is 11.5 Å². The molecule has 0 spiro atoms. The second kappa shape index (κ2) is 9.67. The molecule has 1 amide bonds. The van der Waals surface area contributed by atoms with Crippen molar-refractivity contribution in [1.82, 2.24) is 29.1 Å². The fraction of sp³-hybridized carbons (Fsp3) is 0.231. The SMILES string of the molecule is C=CC(=O)N(C)N1CCC[C@@H](n2c(=O)n(-c3ccc(Oc4ccccc4)cc3)c3c(N)ncnc32)C1. The van der Waals surface area contributed by atoms with E-state index < -0.39 is 0 Å². The molecule has 10 heteroatoms. The summed E-state index contributed by atoms with van der Waals surface area (Å²) in [7, 11) is 1.71. The fourth-order valence-electron chi connectivity index (χ4n) is 4.61. The van der Waals surface area contributed by atoms with Gasteiger partial charge >= 0.3 is 5.69 Å². The van der Waals surface area contributed by atoms with Crippen molar-refractivity contribution in [2.75, 3.05) is 25.9 Å². The van der Waals surface area contributed by atoms with Gasteiger partial charge in [0.05, 0.1) is 11.7 Å². The summed E-state index contributed by atoms with van der Waals surface area (Å²) in [6.07, 6.45) is 4.22. The third-order valence-corrected chi connectivity index (χ3v) is 6.41. The highest BCUT2D eigenvalue weighted by Crippen LogP contribution is 2.29. The van der Waals surface area contributed by atoms with Crippen molar-refractivity contribution in [3.05, 3.63) is 84.1 Å². The number of carbonyl (C=O) groups is 1. The van der Waals surface area contributed by atoms with E-state index in [1.807, 2.05) is 35.3 Å². The lowest BCUT2D eigenvalue weighted by Gasteiger charge is -2.38. The summed E-state index contributed by atoms with van der Waals surface area (Å²) >= 11 is 0. The van der Waals surface area contributed by atoms with E-state index in [-0.39, 0.29) is 23.5 Å². The minimum absolute atomic E-state index is 0.199. The van der Waals surface area contributed by atoms with Crippen molar-refractivity contribution in [1.29, 1.82) is 0 Å². The van der Waals surface area contributed by atoms with Gasteiger partial charge in [-0.2, -0.15) is 0 Å². The fourth-order valence-corrected chi connectivity index (χ4v) is 4.61. The van der Waals surface area contributed by atoms with Gasteiger partial charge < -0.3 is 10.5 Å². The molecule has 0 unspecified atom stereocenters. The zero-order valence-electron chi connectivity index (χ0n) is 19.9. The maximum Gasteiger partial charge on any atom is 0.335 e. The molecule has 0 saturated carbocycles. The second-order valence-electron chi connectivity index (χ2n) is 8.60. The first kappa shape index (κ1) is 23.3. The van der Waals surface area contributed by atoms with Crippen LogP contribution in [0.5, 0.6) is 11.5 Å². The number of fused-ring (bicyclic) bond motifs is 1. The van der Waals surface area contributed by atoms with Crippen LogP contribution in [0.25, 0.3) is 16.9 Å². The predicted octanol–water partition coefficient (Wildman–Crippen LogP) is 3.15. The number of hydrogen-bond donors (Lipinski definition) is 1. The number of anilines is 1. The van der Waals surface area contributed by atoms with Gasteiger partial charge in [-0.3, -0.25) is 18.9 Å². The van der Waals surface area contributed by atoms with Gasteiger partial charge in [0.1, 0.15) is 23.3 Å². The standard InChI is InChI=1S/C26H27N7O3/c1-3-22(34)30(2)31-15-7-8-19(16-31)33-25-23(24(27)28-17-29-25)32(26(33)35)18-11-13-21(14-12-18)36-20-9-5-4-6-10-20/h3-6,9-14,17,19H,1,7-8,15-16H2,2H3,(H2,27,28,29)/t19-/m1/s1. The van der Waals surface area contributed by atoms with Crippen LogP contribution < -0.4 is 16.2 Å². The summed E-state index contributed by atoms with van der Waals surface area (Å²) in [5.41, 5.74) is 7.52. The van der Waals surface area contributed by atoms with E-state index in [9.17, 15) is 9.59 Å². The van der Waals surface area contributed by atoms with Crippen molar-refractivity contribution in [2.45, 2.75) is 18.9 Å². The van der Waals surface area contributed by atoms with Crippen LogP contribution in [0.2, 0.25) is 0 Å². The monoisotopic (exact) mass is 485 g/mol. The Kier molecular flexibility index (Phi) is 6.26.